The van der Waals surface area contributed by atoms with E-state index in [1.54, 1.807) is 0 Å². The van der Waals surface area contributed by atoms with Crippen LogP contribution in [0.25, 0.3) is 0 Å². The normalized spacial score (nSPS) is 15.1. The molecule has 0 spiro atoms. The second-order valence-electron chi connectivity index (χ2n) is 3.62. The molecule has 0 radical (unpaired) electrons. The van der Waals surface area contributed by atoms with Gasteiger partial charge in [0.05, 0.1) is 11.1 Å². The summed E-state index contributed by atoms with van der Waals surface area (Å²) in [6.45, 7) is 3.83. The monoisotopic (exact) mass is 294 g/mol. The van der Waals surface area contributed by atoms with Gasteiger partial charge < -0.3 is 5.11 Å². The lowest BCUT2D eigenvalue weighted by atomic mass is 9.95. The quantitative estimate of drug-likeness (QED) is 0.823. The average molecular weight is 296 g/mol. The molecule has 0 saturated carbocycles. The van der Waals surface area contributed by atoms with Crippen molar-refractivity contribution in [2.24, 2.45) is 5.92 Å². The summed E-state index contributed by atoms with van der Waals surface area (Å²) >= 11 is 8.98. The van der Waals surface area contributed by atoms with E-state index in [1.165, 1.54) is 12.1 Å². The van der Waals surface area contributed by atoms with Gasteiger partial charge in [-0.1, -0.05) is 31.9 Å². The maximum atomic E-state index is 13.5. The fourth-order valence-corrected chi connectivity index (χ4v) is 1.78. The van der Waals surface area contributed by atoms with Gasteiger partial charge in [0.15, 0.2) is 0 Å². The van der Waals surface area contributed by atoms with Crippen molar-refractivity contribution in [1.29, 1.82) is 0 Å². The highest BCUT2D eigenvalue weighted by Gasteiger charge is 2.19. The van der Waals surface area contributed by atoms with Crippen molar-refractivity contribution in [2.45, 2.75) is 26.4 Å². The summed E-state index contributed by atoms with van der Waals surface area (Å²) in [5.74, 6) is -0.421. The average Bonchev–Trinajstić information content (AvgIpc) is 2.21. The maximum Gasteiger partial charge on any atom is 0.130 e. The van der Waals surface area contributed by atoms with Crippen LogP contribution >= 0.6 is 27.5 Å². The molecule has 0 aliphatic rings. The van der Waals surface area contributed by atoms with Gasteiger partial charge in [0.1, 0.15) is 5.82 Å². The van der Waals surface area contributed by atoms with Gasteiger partial charge in [-0.2, -0.15) is 0 Å². The van der Waals surface area contributed by atoms with Crippen LogP contribution < -0.4 is 0 Å². The molecule has 1 N–H and O–H groups in total. The van der Waals surface area contributed by atoms with Crippen LogP contribution in [0, 0.1) is 11.7 Å². The molecule has 0 aliphatic heterocycles. The van der Waals surface area contributed by atoms with Gasteiger partial charge in [0, 0.05) is 10.0 Å². The summed E-state index contributed by atoms with van der Waals surface area (Å²) in [7, 11) is 0. The second-order valence-corrected chi connectivity index (χ2v) is 4.88. The lowest BCUT2D eigenvalue weighted by Gasteiger charge is -2.18. The van der Waals surface area contributed by atoms with Crippen LogP contribution in [-0.2, 0) is 0 Å². The first-order chi connectivity index (χ1) is 6.97. The van der Waals surface area contributed by atoms with Gasteiger partial charge in [-0.3, -0.25) is 0 Å². The number of benzene rings is 1. The summed E-state index contributed by atoms with van der Waals surface area (Å²) < 4.78 is 14.0. The van der Waals surface area contributed by atoms with E-state index in [2.05, 4.69) is 15.9 Å². The first kappa shape index (κ1) is 12.9. The van der Waals surface area contributed by atoms with Crippen molar-refractivity contribution < 1.29 is 9.50 Å². The molecule has 15 heavy (non-hydrogen) atoms. The van der Waals surface area contributed by atoms with Crippen molar-refractivity contribution in [3.8, 4) is 0 Å². The van der Waals surface area contributed by atoms with E-state index in [4.69, 9.17) is 11.6 Å². The van der Waals surface area contributed by atoms with E-state index in [1.807, 2.05) is 13.8 Å². The van der Waals surface area contributed by atoms with E-state index in [9.17, 15) is 9.50 Å². The number of aliphatic hydroxyl groups is 1. The Labute approximate surface area is 102 Å². The van der Waals surface area contributed by atoms with Crippen LogP contribution in [0.4, 0.5) is 4.39 Å². The standard InChI is InChI=1S/C11H13BrClFO/c1-3-6(2)11(15)7-4-9(13)8(12)5-10(7)14/h4-6,11,15H,3H2,1-2H3. The highest BCUT2D eigenvalue weighted by atomic mass is 79.9. The Morgan fingerprint density at radius 1 is 1.53 bits per heavy atom. The molecule has 0 heterocycles. The summed E-state index contributed by atoms with van der Waals surface area (Å²) in [5.41, 5.74) is 0.262. The molecule has 2 unspecified atom stereocenters. The molecular formula is C11H13BrClFO. The molecule has 84 valence electrons. The molecule has 1 nitrogen and oxygen atoms in total. The largest absolute Gasteiger partial charge is 0.388 e. The van der Waals surface area contributed by atoms with E-state index in [0.29, 0.717) is 9.50 Å². The number of halogens is 3. The summed E-state index contributed by atoms with van der Waals surface area (Å²) in [6.07, 6.45) is -0.0190. The van der Waals surface area contributed by atoms with E-state index >= 15 is 0 Å². The number of hydrogen-bond donors (Lipinski definition) is 1. The Morgan fingerprint density at radius 2 is 2.13 bits per heavy atom. The molecule has 2 atom stereocenters. The first-order valence-corrected chi connectivity index (χ1v) is 5.97. The smallest absolute Gasteiger partial charge is 0.130 e. The Morgan fingerprint density at radius 3 is 2.67 bits per heavy atom. The van der Waals surface area contributed by atoms with Crippen LogP contribution in [0.15, 0.2) is 16.6 Å². The fourth-order valence-electron chi connectivity index (χ4n) is 1.29. The van der Waals surface area contributed by atoms with Gasteiger partial charge in [0.25, 0.3) is 0 Å². The third kappa shape index (κ3) is 2.92. The second kappa shape index (κ2) is 5.28. The van der Waals surface area contributed by atoms with E-state index in [-0.39, 0.29) is 11.5 Å². The molecular weight excluding hydrogens is 282 g/mol. The highest BCUT2D eigenvalue weighted by molar-refractivity contribution is 9.10. The zero-order chi connectivity index (χ0) is 11.6. The maximum absolute atomic E-state index is 13.5. The predicted octanol–water partition coefficient (Wildman–Crippen LogP) is 4.32. The summed E-state index contributed by atoms with van der Waals surface area (Å²) in [6, 6.07) is 2.75. The minimum Gasteiger partial charge on any atom is -0.388 e. The van der Waals surface area contributed by atoms with Crippen molar-refractivity contribution in [1.82, 2.24) is 0 Å². The third-order valence-corrected chi connectivity index (χ3v) is 3.74. The number of rotatable bonds is 3. The predicted molar refractivity (Wildman–Crippen MR) is 63.5 cm³/mol. The molecule has 0 aliphatic carbocycles. The first-order valence-electron chi connectivity index (χ1n) is 4.79. The fraction of sp³-hybridized carbons (Fsp3) is 0.455. The van der Waals surface area contributed by atoms with Crippen LogP contribution in [-0.4, -0.2) is 5.11 Å². The van der Waals surface area contributed by atoms with Crippen molar-refractivity contribution >= 4 is 27.5 Å². The molecule has 0 saturated heterocycles. The Balaban J connectivity index is 3.09. The zero-order valence-corrected chi connectivity index (χ0v) is 10.9. The SMILES string of the molecule is CCC(C)C(O)c1cc(Cl)c(Br)cc1F. The van der Waals surface area contributed by atoms with Gasteiger partial charge in [-0.15, -0.1) is 0 Å². The minimum atomic E-state index is -0.805. The highest BCUT2D eigenvalue weighted by Crippen LogP contribution is 2.32. The summed E-state index contributed by atoms with van der Waals surface area (Å²) in [5, 5.41) is 10.3. The number of aliphatic hydroxyl groups excluding tert-OH is 1. The lowest BCUT2D eigenvalue weighted by molar-refractivity contribution is 0.111. The van der Waals surface area contributed by atoms with E-state index in [0.717, 1.165) is 6.42 Å². The van der Waals surface area contributed by atoms with Crippen LogP contribution in [0.2, 0.25) is 5.02 Å². The number of hydrogen-bond acceptors (Lipinski definition) is 1. The van der Waals surface area contributed by atoms with Gasteiger partial charge in [-0.05, 0) is 34.0 Å². The molecule has 4 heteroatoms. The Bertz CT molecular complexity index is 357. The van der Waals surface area contributed by atoms with Gasteiger partial charge in [0.2, 0.25) is 0 Å². The third-order valence-electron chi connectivity index (χ3n) is 2.54. The van der Waals surface area contributed by atoms with Crippen LogP contribution in [0.1, 0.15) is 31.9 Å². The molecule has 0 aromatic heterocycles. The molecule has 1 rings (SSSR count). The topological polar surface area (TPSA) is 20.2 Å². The van der Waals surface area contributed by atoms with Gasteiger partial charge >= 0.3 is 0 Å². The molecule has 1 aromatic carbocycles. The van der Waals surface area contributed by atoms with Crippen LogP contribution in [0.3, 0.4) is 0 Å². The molecule has 0 bridgehead atoms. The van der Waals surface area contributed by atoms with Crippen molar-refractivity contribution in [3.05, 3.63) is 33.0 Å². The van der Waals surface area contributed by atoms with Crippen molar-refractivity contribution in [2.75, 3.05) is 0 Å². The van der Waals surface area contributed by atoms with E-state index < -0.39 is 11.9 Å². The molecule has 0 amide bonds. The summed E-state index contributed by atoms with van der Waals surface area (Å²) in [4.78, 5) is 0. The van der Waals surface area contributed by atoms with Crippen LogP contribution in [0.5, 0.6) is 0 Å². The molecule has 1 aromatic rings. The lowest BCUT2D eigenvalue weighted by Crippen LogP contribution is -2.10. The Kier molecular flexibility index (Phi) is 4.56. The Hall–Kier alpha value is -0.120. The van der Waals surface area contributed by atoms with Crippen molar-refractivity contribution in [3.63, 3.8) is 0 Å². The van der Waals surface area contributed by atoms with Gasteiger partial charge in [-0.25, -0.2) is 4.39 Å². The zero-order valence-electron chi connectivity index (χ0n) is 8.60. The molecule has 0 fully saturated rings. The minimum absolute atomic E-state index is 0.0109.